The van der Waals surface area contributed by atoms with Crippen LogP contribution < -0.4 is 5.73 Å². The summed E-state index contributed by atoms with van der Waals surface area (Å²) in [5.74, 6) is -1.07. The maximum atomic E-state index is 13.3. The van der Waals surface area contributed by atoms with Gasteiger partial charge in [0, 0.05) is 10.0 Å². The van der Waals surface area contributed by atoms with Crippen molar-refractivity contribution in [3.8, 4) is 0 Å². The van der Waals surface area contributed by atoms with Crippen molar-refractivity contribution in [1.82, 2.24) is 0 Å². The minimum absolute atomic E-state index is 0.0123. The van der Waals surface area contributed by atoms with Crippen LogP contribution in [-0.4, -0.2) is 13.1 Å². The number of carbonyl (C=O) groups is 1. The molecule has 0 aliphatic rings. The zero-order valence-electron chi connectivity index (χ0n) is 7.51. The van der Waals surface area contributed by atoms with Crippen LogP contribution in [0.25, 0.3) is 0 Å². The van der Waals surface area contributed by atoms with Crippen molar-refractivity contribution in [3.63, 3.8) is 0 Å². The fourth-order valence-corrected chi connectivity index (χ4v) is 1.55. The van der Waals surface area contributed by atoms with Gasteiger partial charge in [-0.2, -0.15) is 0 Å². The summed E-state index contributed by atoms with van der Waals surface area (Å²) < 4.78 is 18.4. The van der Waals surface area contributed by atoms with E-state index in [1.807, 2.05) is 0 Å². The van der Waals surface area contributed by atoms with Crippen LogP contribution in [0.15, 0.2) is 16.6 Å². The van der Waals surface area contributed by atoms with Crippen molar-refractivity contribution >= 4 is 27.6 Å². The number of nitrogen functional groups attached to an aromatic ring is 1. The van der Waals surface area contributed by atoms with Crippen LogP contribution in [-0.2, 0) is 16.0 Å². The summed E-state index contributed by atoms with van der Waals surface area (Å²) in [5.41, 5.74) is 5.62. The molecule has 0 aliphatic heterocycles. The molecule has 2 N–H and O–H groups in total. The molecule has 0 heterocycles. The number of hydrogen-bond donors (Lipinski definition) is 1. The SMILES string of the molecule is COC(=O)Cc1cc(Br)cc(N)c1F. The zero-order valence-corrected chi connectivity index (χ0v) is 9.10. The topological polar surface area (TPSA) is 52.3 Å². The number of methoxy groups -OCH3 is 1. The number of carbonyl (C=O) groups excluding carboxylic acids is 1. The largest absolute Gasteiger partial charge is 0.469 e. The Hall–Kier alpha value is -1.10. The number of esters is 1. The van der Waals surface area contributed by atoms with Crippen molar-refractivity contribution in [2.45, 2.75) is 6.42 Å². The molecule has 0 saturated carbocycles. The average molecular weight is 262 g/mol. The molecule has 1 rings (SSSR count). The van der Waals surface area contributed by atoms with Crippen molar-refractivity contribution in [2.75, 3.05) is 12.8 Å². The third kappa shape index (κ3) is 2.45. The highest BCUT2D eigenvalue weighted by atomic mass is 79.9. The van der Waals surface area contributed by atoms with Gasteiger partial charge in [-0.15, -0.1) is 0 Å². The standard InChI is InChI=1S/C9H9BrFNO2/c1-14-8(13)3-5-2-6(10)4-7(12)9(5)11/h2,4H,3,12H2,1H3. The molecule has 0 fully saturated rings. The zero-order chi connectivity index (χ0) is 10.7. The minimum Gasteiger partial charge on any atom is -0.469 e. The van der Waals surface area contributed by atoms with Gasteiger partial charge >= 0.3 is 5.97 Å². The van der Waals surface area contributed by atoms with E-state index < -0.39 is 11.8 Å². The molecule has 1 aromatic carbocycles. The monoisotopic (exact) mass is 261 g/mol. The molecule has 0 aliphatic carbocycles. The first kappa shape index (κ1) is 11.0. The van der Waals surface area contributed by atoms with Gasteiger partial charge in [-0.3, -0.25) is 4.79 Å². The molecule has 0 amide bonds. The fourth-order valence-electron chi connectivity index (χ4n) is 1.03. The molecule has 5 heteroatoms. The Morgan fingerprint density at radius 1 is 1.64 bits per heavy atom. The van der Waals surface area contributed by atoms with Crippen LogP contribution >= 0.6 is 15.9 Å². The predicted octanol–water partition coefficient (Wildman–Crippen LogP) is 1.89. The third-order valence-corrected chi connectivity index (χ3v) is 2.16. The van der Waals surface area contributed by atoms with E-state index in [-0.39, 0.29) is 17.7 Å². The quantitative estimate of drug-likeness (QED) is 0.654. The highest BCUT2D eigenvalue weighted by Crippen LogP contribution is 2.22. The number of halogens is 2. The number of benzene rings is 1. The molecule has 0 radical (unpaired) electrons. The van der Waals surface area contributed by atoms with Gasteiger partial charge in [0.25, 0.3) is 0 Å². The first-order valence-corrected chi connectivity index (χ1v) is 4.64. The first-order chi connectivity index (χ1) is 6.54. The van der Waals surface area contributed by atoms with Gasteiger partial charge in [-0.05, 0) is 12.1 Å². The lowest BCUT2D eigenvalue weighted by Gasteiger charge is -2.05. The summed E-state index contributed by atoms with van der Waals surface area (Å²) in [6.45, 7) is 0. The smallest absolute Gasteiger partial charge is 0.310 e. The third-order valence-electron chi connectivity index (χ3n) is 1.70. The predicted molar refractivity (Wildman–Crippen MR) is 54.2 cm³/mol. The molecule has 0 unspecified atom stereocenters. The van der Waals surface area contributed by atoms with E-state index in [2.05, 4.69) is 20.7 Å². The Bertz CT molecular complexity index is 368. The lowest BCUT2D eigenvalue weighted by Crippen LogP contribution is -2.07. The molecular weight excluding hydrogens is 253 g/mol. The van der Waals surface area contributed by atoms with Gasteiger partial charge in [-0.25, -0.2) is 4.39 Å². The van der Waals surface area contributed by atoms with Crippen LogP contribution in [0.3, 0.4) is 0 Å². The molecule has 0 saturated heterocycles. The molecule has 0 bridgehead atoms. The molecular formula is C9H9BrFNO2. The minimum atomic E-state index is -0.571. The van der Waals surface area contributed by atoms with Gasteiger partial charge in [0.1, 0.15) is 5.82 Å². The van der Waals surface area contributed by atoms with Crippen LogP contribution in [0.5, 0.6) is 0 Å². The number of ether oxygens (including phenoxy) is 1. The Morgan fingerprint density at radius 2 is 2.29 bits per heavy atom. The summed E-state index contributed by atoms with van der Waals surface area (Å²) in [4.78, 5) is 10.9. The van der Waals surface area contributed by atoms with Gasteiger partial charge < -0.3 is 10.5 Å². The first-order valence-electron chi connectivity index (χ1n) is 3.84. The maximum Gasteiger partial charge on any atom is 0.310 e. The summed E-state index contributed by atoms with van der Waals surface area (Å²) in [6.07, 6.45) is -0.119. The van der Waals surface area contributed by atoms with Crippen molar-refractivity contribution in [2.24, 2.45) is 0 Å². The normalized spacial score (nSPS) is 9.93. The van der Waals surface area contributed by atoms with E-state index in [4.69, 9.17) is 5.73 Å². The van der Waals surface area contributed by atoms with E-state index in [0.717, 1.165) is 0 Å². The Labute approximate surface area is 89.2 Å². The van der Waals surface area contributed by atoms with E-state index in [9.17, 15) is 9.18 Å². The molecule has 0 spiro atoms. The van der Waals surface area contributed by atoms with Gasteiger partial charge in [0.15, 0.2) is 0 Å². The number of anilines is 1. The number of hydrogen-bond acceptors (Lipinski definition) is 3. The average Bonchev–Trinajstić information content (AvgIpc) is 2.13. The van der Waals surface area contributed by atoms with Crippen molar-refractivity contribution in [1.29, 1.82) is 0 Å². The van der Waals surface area contributed by atoms with Gasteiger partial charge in [0.05, 0.1) is 19.2 Å². The summed E-state index contributed by atoms with van der Waals surface area (Å²) >= 11 is 3.16. The van der Waals surface area contributed by atoms with Crippen LogP contribution in [0.2, 0.25) is 0 Å². The molecule has 14 heavy (non-hydrogen) atoms. The van der Waals surface area contributed by atoms with Gasteiger partial charge in [0.2, 0.25) is 0 Å². The highest BCUT2D eigenvalue weighted by Gasteiger charge is 2.11. The Kier molecular flexibility index (Phi) is 3.46. The van der Waals surface area contributed by atoms with E-state index in [1.165, 1.54) is 19.2 Å². The lowest BCUT2D eigenvalue weighted by molar-refractivity contribution is -0.139. The van der Waals surface area contributed by atoms with E-state index in [1.54, 1.807) is 0 Å². The second-order valence-electron chi connectivity index (χ2n) is 2.72. The lowest BCUT2D eigenvalue weighted by atomic mass is 10.1. The second kappa shape index (κ2) is 4.41. The Morgan fingerprint density at radius 3 is 2.86 bits per heavy atom. The van der Waals surface area contributed by atoms with Crippen LogP contribution in [0.4, 0.5) is 10.1 Å². The maximum absolute atomic E-state index is 13.3. The highest BCUT2D eigenvalue weighted by molar-refractivity contribution is 9.10. The van der Waals surface area contributed by atoms with Crippen LogP contribution in [0, 0.1) is 5.82 Å². The van der Waals surface area contributed by atoms with Gasteiger partial charge in [-0.1, -0.05) is 15.9 Å². The van der Waals surface area contributed by atoms with Crippen LogP contribution in [0.1, 0.15) is 5.56 Å². The molecule has 0 atom stereocenters. The fraction of sp³-hybridized carbons (Fsp3) is 0.222. The summed E-state index contributed by atoms with van der Waals surface area (Å²) in [5, 5.41) is 0. The Balaban J connectivity index is 3.02. The number of rotatable bonds is 2. The second-order valence-corrected chi connectivity index (χ2v) is 3.64. The summed E-state index contributed by atoms with van der Waals surface area (Å²) in [6, 6.07) is 2.94. The molecule has 1 aromatic rings. The summed E-state index contributed by atoms with van der Waals surface area (Å²) in [7, 11) is 1.25. The van der Waals surface area contributed by atoms with E-state index in [0.29, 0.717) is 4.47 Å². The molecule has 0 aromatic heterocycles. The molecule has 3 nitrogen and oxygen atoms in total. The van der Waals surface area contributed by atoms with Crippen molar-refractivity contribution < 1.29 is 13.9 Å². The molecule has 76 valence electrons. The number of nitrogens with two attached hydrogens (primary N) is 1. The van der Waals surface area contributed by atoms with Crippen molar-refractivity contribution in [3.05, 3.63) is 28.0 Å². The van der Waals surface area contributed by atoms with E-state index >= 15 is 0 Å².